The third-order valence-electron chi connectivity index (χ3n) is 8.68. The summed E-state index contributed by atoms with van der Waals surface area (Å²) in [7, 11) is 0. The fourth-order valence-corrected chi connectivity index (χ4v) is 6.43. The highest BCUT2D eigenvalue weighted by Gasteiger charge is 2.49. The van der Waals surface area contributed by atoms with Gasteiger partial charge in [0.15, 0.2) is 0 Å². The second kappa shape index (κ2) is 17.8. The van der Waals surface area contributed by atoms with Crippen LogP contribution in [-0.4, -0.2) is 77.3 Å². The van der Waals surface area contributed by atoms with Crippen molar-refractivity contribution in [2.24, 2.45) is 21.3 Å². The first kappa shape index (κ1) is 35.8. The Morgan fingerprint density at radius 1 is 0.896 bits per heavy atom. The zero-order valence-corrected chi connectivity index (χ0v) is 26.3. The molecule has 0 saturated heterocycles. The van der Waals surface area contributed by atoms with Gasteiger partial charge in [0.1, 0.15) is 25.5 Å². The third-order valence-corrected chi connectivity index (χ3v) is 8.68. The number of aliphatic hydroxyl groups excluding tert-OH is 1. The van der Waals surface area contributed by atoms with Gasteiger partial charge in [0.05, 0.1) is 36.4 Å². The number of rotatable bonds is 13. The van der Waals surface area contributed by atoms with Crippen LogP contribution in [0, 0.1) is 5.92 Å². The fraction of sp³-hybridized carbons (Fsp3) is 0.548. The van der Waals surface area contributed by atoms with Crippen molar-refractivity contribution >= 4 is 12.1 Å². The maximum atomic E-state index is 15.1. The van der Waals surface area contributed by atoms with Crippen LogP contribution in [0.25, 0.3) is 31.3 Å². The molecule has 48 heavy (non-hydrogen) atoms. The molecule has 0 unspecified atom stereocenters. The molecule has 0 aliphatic heterocycles. The van der Waals surface area contributed by atoms with Crippen molar-refractivity contribution in [2.45, 2.75) is 94.3 Å². The van der Waals surface area contributed by atoms with Gasteiger partial charge in [-0.15, -0.1) is 0 Å². The zero-order valence-electron chi connectivity index (χ0n) is 26.3. The lowest BCUT2D eigenvalue weighted by molar-refractivity contribution is -0.183. The number of halogens is 1. The maximum absolute atomic E-state index is 15.1. The Labute approximate surface area is 275 Å². The molecule has 2 saturated carbocycles. The van der Waals surface area contributed by atoms with Crippen molar-refractivity contribution in [3.8, 4) is 0 Å². The fourth-order valence-electron chi connectivity index (χ4n) is 6.43. The molecule has 0 spiro atoms. The maximum Gasteiger partial charge on any atom is 0.410 e. The number of hydrogen-bond donors (Lipinski definition) is 1. The highest BCUT2D eigenvalue weighted by molar-refractivity contribution is 5.68. The summed E-state index contributed by atoms with van der Waals surface area (Å²) in [6, 6.07) is 14.4. The summed E-state index contributed by atoms with van der Waals surface area (Å²) < 4.78 is 32.4. The number of esters is 1. The minimum Gasteiger partial charge on any atom is -0.459 e. The molecule has 4 rings (SSSR count). The molecule has 0 radical (unpaired) electrons. The van der Waals surface area contributed by atoms with Crippen molar-refractivity contribution < 1.29 is 33.3 Å². The largest absolute Gasteiger partial charge is 0.459 e. The molecule has 0 aromatic heterocycles. The van der Waals surface area contributed by atoms with Crippen LogP contribution < -0.4 is 0 Å². The molecule has 16 nitrogen and oxygen atoms in total. The van der Waals surface area contributed by atoms with Gasteiger partial charge >= 0.3 is 12.1 Å². The van der Waals surface area contributed by atoms with E-state index in [0.717, 1.165) is 18.1 Å². The van der Waals surface area contributed by atoms with Crippen LogP contribution in [0.3, 0.4) is 0 Å². The van der Waals surface area contributed by atoms with Crippen LogP contribution in [0.5, 0.6) is 0 Å². The second-order valence-corrected chi connectivity index (χ2v) is 11.7. The van der Waals surface area contributed by atoms with Crippen LogP contribution >= 0.6 is 0 Å². The number of carbonyl (C=O) groups is 2. The number of ether oxygens (including phenoxy) is 3. The van der Waals surface area contributed by atoms with Gasteiger partial charge in [0, 0.05) is 28.2 Å². The molecule has 9 atom stereocenters. The lowest BCUT2D eigenvalue weighted by atomic mass is 9.78. The summed E-state index contributed by atoms with van der Waals surface area (Å²) >= 11 is 0. The van der Waals surface area contributed by atoms with Crippen LogP contribution in [-0.2, 0) is 32.2 Å². The van der Waals surface area contributed by atoms with Crippen LogP contribution in [0.2, 0.25) is 0 Å². The number of amides is 1. The molecule has 2 aromatic rings. The second-order valence-electron chi connectivity index (χ2n) is 11.7. The average molecular weight is 665 g/mol. The van der Waals surface area contributed by atoms with E-state index in [9.17, 15) is 25.8 Å². The van der Waals surface area contributed by atoms with E-state index in [1.165, 1.54) is 4.90 Å². The van der Waals surface area contributed by atoms with Crippen molar-refractivity contribution in [2.75, 3.05) is 6.67 Å². The molecular formula is C31H37FN10O6. The van der Waals surface area contributed by atoms with Crippen molar-refractivity contribution in [3.63, 3.8) is 0 Å². The molecule has 2 fully saturated rings. The summed E-state index contributed by atoms with van der Waals surface area (Å²) in [5.41, 5.74) is 29.2. The van der Waals surface area contributed by atoms with Gasteiger partial charge in [-0.2, -0.15) is 0 Å². The standard InChI is InChI=1S/C31H37FN10O6/c1-19(43)47-29-24(37-40-34)15-25(38-41-35)30(28(29)44)48-27-14-22(12-13-23(27)36-39-33)26(16-32)42(17-20-8-4-2-5-9-20)31(45)46-18-21-10-6-3-7-11-21/h2-11,22-30,44H,12-18H2,1H3/t22-,23-,24-,25+,26-,27+,28-,29+,30-/m1/s1. The minimum absolute atomic E-state index is 0.0139. The molecule has 17 heteroatoms. The van der Waals surface area contributed by atoms with E-state index in [1.54, 1.807) is 0 Å². The van der Waals surface area contributed by atoms with Gasteiger partial charge in [-0.3, -0.25) is 9.69 Å². The van der Waals surface area contributed by atoms with E-state index >= 15 is 4.39 Å². The number of aliphatic hydroxyl groups is 1. The molecule has 1 amide bonds. The van der Waals surface area contributed by atoms with E-state index in [1.807, 2.05) is 60.7 Å². The normalized spacial score (nSPS) is 27.1. The SMILES string of the molecule is CC(=O)O[C@@H]1[C@@H](O)[C@H](O[C@H]2C[C@H]([C@@H](CF)N(Cc3ccccc3)C(=O)OCc3ccccc3)CC[C@H]2N=[N+]=[N-])[C@@H](N=[N+]=[N-])C[C@H]1N=[N+]=[N-]. The molecule has 2 aliphatic carbocycles. The van der Waals surface area contributed by atoms with Crippen LogP contribution in [0.15, 0.2) is 76.0 Å². The van der Waals surface area contributed by atoms with Gasteiger partial charge in [-0.25, -0.2) is 9.18 Å². The smallest absolute Gasteiger partial charge is 0.410 e. The Hall–Kier alpha value is -5.04. The number of benzene rings is 2. The highest BCUT2D eigenvalue weighted by Crippen LogP contribution is 2.38. The Kier molecular flexibility index (Phi) is 13.2. The monoisotopic (exact) mass is 664 g/mol. The number of alkyl halides is 1. The molecule has 2 aliphatic rings. The van der Waals surface area contributed by atoms with Gasteiger partial charge in [-0.05, 0) is 59.3 Å². The van der Waals surface area contributed by atoms with Crippen LogP contribution in [0.4, 0.5) is 9.18 Å². The Balaban J connectivity index is 1.61. The van der Waals surface area contributed by atoms with E-state index in [-0.39, 0.29) is 32.4 Å². The molecule has 254 valence electrons. The van der Waals surface area contributed by atoms with Crippen LogP contribution in [0.1, 0.15) is 43.7 Å². The number of azide groups is 3. The highest BCUT2D eigenvalue weighted by atomic mass is 19.1. The minimum atomic E-state index is -1.60. The predicted octanol–water partition coefficient (Wildman–Crippen LogP) is 6.45. The van der Waals surface area contributed by atoms with E-state index in [0.29, 0.717) is 6.42 Å². The summed E-state index contributed by atoms with van der Waals surface area (Å²) in [5, 5.41) is 22.6. The summed E-state index contributed by atoms with van der Waals surface area (Å²) in [6.07, 6.45) is -5.19. The van der Waals surface area contributed by atoms with Gasteiger partial charge in [0.2, 0.25) is 0 Å². The van der Waals surface area contributed by atoms with Crippen molar-refractivity contribution in [1.29, 1.82) is 0 Å². The molecule has 1 N–H and O–H groups in total. The van der Waals surface area contributed by atoms with Crippen molar-refractivity contribution in [3.05, 3.63) is 103 Å². The van der Waals surface area contributed by atoms with E-state index in [4.69, 9.17) is 19.7 Å². The van der Waals surface area contributed by atoms with Gasteiger partial charge in [-0.1, -0.05) is 76.0 Å². The predicted molar refractivity (Wildman–Crippen MR) is 169 cm³/mol. The number of hydrogen-bond acceptors (Lipinski definition) is 9. The molecule has 2 aromatic carbocycles. The molecule has 0 bridgehead atoms. The Bertz CT molecular complexity index is 1520. The summed E-state index contributed by atoms with van der Waals surface area (Å²) in [4.78, 5) is 35.4. The molecular weight excluding hydrogens is 627 g/mol. The number of carbonyl (C=O) groups excluding carboxylic acids is 2. The third kappa shape index (κ3) is 9.28. The van der Waals surface area contributed by atoms with Gasteiger partial charge in [0.25, 0.3) is 0 Å². The summed E-state index contributed by atoms with van der Waals surface area (Å²) in [5.74, 6) is -1.25. The topological polar surface area (TPSA) is 232 Å². The van der Waals surface area contributed by atoms with Gasteiger partial charge < -0.3 is 19.3 Å². The Morgan fingerprint density at radius 2 is 1.48 bits per heavy atom. The van der Waals surface area contributed by atoms with E-state index in [2.05, 4.69) is 30.1 Å². The quantitative estimate of drug-likeness (QED) is 0.109. The number of nitrogens with zero attached hydrogens (tertiary/aromatic N) is 10. The van der Waals surface area contributed by atoms with Crippen molar-refractivity contribution in [1.82, 2.24) is 4.90 Å². The zero-order chi connectivity index (χ0) is 34.5. The lowest BCUT2D eigenvalue weighted by Gasteiger charge is -2.45. The Morgan fingerprint density at radius 3 is 2.06 bits per heavy atom. The first-order valence-electron chi connectivity index (χ1n) is 15.5. The summed E-state index contributed by atoms with van der Waals surface area (Å²) in [6.45, 7) is 0.268. The first-order chi connectivity index (χ1) is 23.3. The van der Waals surface area contributed by atoms with E-state index < -0.39 is 73.2 Å². The first-order valence-corrected chi connectivity index (χ1v) is 15.5. The lowest BCUT2D eigenvalue weighted by Crippen LogP contribution is -2.59. The average Bonchev–Trinajstić information content (AvgIpc) is 3.09. The molecule has 0 heterocycles.